The molecule has 28 heavy (non-hydrogen) atoms. The van der Waals surface area contributed by atoms with Crippen LogP contribution >= 0.6 is 0 Å². The Kier molecular flexibility index (Phi) is 6.31. The van der Waals surface area contributed by atoms with E-state index in [-0.39, 0.29) is 17.2 Å². The summed E-state index contributed by atoms with van der Waals surface area (Å²) in [6, 6.07) is 5.91. The number of benzene rings is 1. The second kappa shape index (κ2) is 8.54. The summed E-state index contributed by atoms with van der Waals surface area (Å²) in [4.78, 5) is 24.3. The minimum absolute atomic E-state index is 0.0125. The average molecular weight is 379 g/mol. The van der Waals surface area contributed by atoms with Gasteiger partial charge in [0.05, 0.1) is 6.61 Å². The number of aromatic nitrogens is 1. The molecule has 3 rings (SSSR count). The van der Waals surface area contributed by atoms with Gasteiger partial charge >= 0.3 is 5.97 Å². The van der Waals surface area contributed by atoms with Crippen LogP contribution in [0.1, 0.15) is 75.3 Å². The fourth-order valence-electron chi connectivity index (χ4n) is 4.34. The summed E-state index contributed by atoms with van der Waals surface area (Å²) in [5.41, 5.74) is 3.83. The van der Waals surface area contributed by atoms with Gasteiger partial charge in [0, 0.05) is 41.5 Å². The third-order valence-corrected chi connectivity index (χ3v) is 5.58. The largest absolute Gasteiger partial charge is 0.466 e. The van der Waals surface area contributed by atoms with Crippen LogP contribution in [0.2, 0.25) is 0 Å². The second-order valence-electron chi connectivity index (χ2n) is 8.66. The number of ketones is 1. The molecule has 0 saturated heterocycles. The molecule has 0 N–H and O–H groups in total. The van der Waals surface area contributed by atoms with Gasteiger partial charge in [-0.3, -0.25) is 9.59 Å². The Balaban J connectivity index is 1.73. The zero-order valence-electron chi connectivity index (χ0n) is 17.3. The molecule has 1 aromatic heterocycles. The molecule has 0 fully saturated rings. The van der Waals surface area contributed by atoms with Crippen molar-refractivity contribution in [3.8, 4) is 0 Å². The number of rotatable bonds is 8. The second-order valence-corrected chi connectivity index (χ2v) is 8.66. The molecule has 1 aliphatic rings. The molecule has 0 spiro atoms. The monoisotopic (exact) mass is 379 g/mol. The lowest BCUT2D eigenvalue weighted by Gasteiger charge is -2.29. The van der Waals surface area contributed by atoms with Crippen LogP contribution in [-0.2, 0) is 22.5 Å². The molecule has 0 amide bonds. The third kappa shape index (κ3) is 4.51. The van der Waals surface area contributed by atoms with Crippen LogP contribution in [0.5, 0.6) is 0 Å². The minimum Gasteiger partial charge on any atom is -0.466 e. The van der Waals surface area contributed by atoms with Gasteiger partial charge in [0.2, 0.25) is 0 Å². The summed E-state index contributed by atoms with van der Waals surface area (Å²) < 4.78 is 7.30. The van der Waals surface area contributed by atoms with Gasteiger partial charge < -0.3 is 9.30 Å². The highest BCUT2D eigenvalue weighted by atomic mass is 16.5. The number of esters is 1. The van der Waals surface area contributed by atoms with E-state index in [0.29, 0.717) is 24.9 Å². The highest BCUT2D eigenvalue weighted by Gasteiger charge is 2.35. The normalized spacial score (nSPS) is 15.6. The Morgan fingerprint density at radius 2 is 1.93 bits per heavy atom. The molecule has 148 valence electrons. The molecule has 2 radical (unpaired) electrons. The van der Waals surface area contributed by atoms with Crippen LogP contribution in [0.25, 0.3) is 10.9 Å². The first kappa shape index (κ1) is 20.7. The van der Waals surface area contributed by atoms with Crippen molar-refractivity contribution in [2.45, 2.75) is 72.3 Å². The van der Waals surface area contributed by atoms with Crippen molar-refractivity contribution in [2.75, 3.05) is 6.61 Å². The number of fused-ring (bicyclic) bond motifs is 3. The summed E-state index contributed by atoms with van der Waals surface area (Å²) >= 11 is 0. The number of unbranched alkanes of at least 4 members (excludes halogenated alkanes) is 3. The highest BCUT2D eigenvalue weighted by molar-refractivity contribution is 6.33. The molecule has 0 saturated carbocycles. The van der Waals surface area contributed by atoms with E-state index in [1.807, 2.05) is 25.1 Å². The fourth-order valence-corrected chi connectivity index (χ4v) is 4.34. The summed E-state index contributed by atoms with van der Waals surface area (Å²) in [6.45, 7) is 7.50. The van der Waals surface area contributed by atoms with Gasteiger partial charge in [-0.05, 0) is 37.7 Å². The van der Waals surface area contributed by atoms with Crippen molar-refractivity contribution in [3.63, 3.8) is 0 Å². The molecule has 5 heteroatoms. The van der Waals surface area contributed by atoms with E-state index in [4.69, 9.17) is 12.6 Å². The maximum Gasteiger partial charge on any atom is 0.305 e. The van der Waals surface area contributed by atoms with Gasteiger partial charge in [-0.1, -0.05) is 44.3 Å². The van der Waals surface area contributed by atoms with Gasteiger partial charge in [-0.25, -0.2) is 0 Å². The standard InChI is InChI=1S/C23H30BNO3/c1-4-28-21(27)9-7-5-6-8-12-25-18-11-10-16(24)13-17(18)22-19(25)14-23(2,3)15-20(22)26/h10-11,13H,4-9,12,14-15H2,1-3H3. The minimum atomic E-state index is -0.105. The maximum atomic E-state index is 12.9. The Hall–Kier alpha value is -2.04. The summed E-state index contributed by atoms with van der Waals surface area (Å²) in [5, 5.41) is 0.998. The predicted molar refractivity (Wildman–Crippen MR) is 113 cm³/mol. The van der Waals surface area contributed by atoms with Gasteiger partial charge in [0.25, 0.3) is 0 Å². The number of hydrogen-bond donors (Lipinski definition) is 0. The van der Waals surface area contributed by atoms with Crippen LogP contribution in [0, 0.1) is 5.41 Å². The molecular formula is C23H30BNO3. The van der Waals surface area contributed by atoms with Crippen LogP contribution in [0.15, 0.2) is 18.2 Å². The zero-order valence-corrected chi connectivity index (χ0v) is 17.3. The molecule has 2 aromatic rings. The molecular weight excluding hydrogens is 349 g/mol. The van der Waals surface area contributed by atoms with Crippen molar-refractivity contribution in [1.82, 2.24) is 4.57 Å². The summed E-state index contributed by atoms with van der Waals surface area (Å²) in [7, 11) is 6.01. The van der Waals surface area contributed by atoms with E-state index in [2.05, 4.69) is 18.4 Å². The van der Waals surface area contributed by atoms with Gasteiger partial charge in [0.1, 0.15) is 7.85 Å². The van der Waals surface area contributed by atoms with Crippen molar-refractivity contribution in [3.05, 3.63) is 29.5 Å². The number of ether oxygens (including phenoxy) is 1. The van der Waals surface area contributed by atoms with Crippen molar-refractivity contribution in [2.24, 2.45) is 5.41 Å². The lowest BCUT2D eigenvalue weighted by molar-refractivity contribution is -0.143. The molecule has 1 aromatic carbocycles. The van der Waals surface area contributed by atoms with E-state index in [9.17, 15) is 9.59 Å². The topological polar surface area (TPSA) is 48.3 Å². The first-order valence-electron chi connectivity index (χ1n) is 10.4. The van der Waals surface area contributed by atoms with Crippen molar-refractivity contribution < 1.29 is 14.3 Å². The fraction of sp³-hybridized carbons (Fsp3) is 0.565. The van der Waals surface area contributed by atoms with E-state index in [1.165, 1.54) is 0 Å². The number of Topliss-reactive ketones (excluding diaryl/α,β-unsaturated/α-hetero) is 1. The van der Waals surface area contributed by atoms with Crippen molar-refractivity contribution in [1.29, 1.82) is 0 Å². The first-order valence-corrected chi connectivity index (χ1v) is 10.4. The number of carbonyl (C=O) groups is 2. The highest BCUT2D eigenvalue weighted by Crippen LogP contribution is 2.39. The van der Waals surface area contributed by atoms with Crippen LogP contribution in [0.4, 0.5) is 0 Å². The molecule has 0 atom stereocenters. The Bertz CT molecular complexity index is 882. The molecule has 0 bridgehead atoms. The van der Waals surface area contributed by atoms with E-state index >= 15 is 0 Å². The van der Waals surface area contributed by atoms with Crippen LogP contribution in [0.3, 0.4) is 0 Å². The zero-order chi connectivity index (χ0) is 20.3. The lowest BCUT2D eigenvalue weighted by atomic mass is 9.75. The van der Waals surface area contributed by atoms with Gasteiger partial charge in [0.15, 0.2) is 5.78 Å². The SMILES string of the molecule is [B]c1ccc2c(c1)c1c(n2CCCCCCC(=O)OCC)CC(C)(C)CC1=O. The average Bonchev–Trinajstić information content (AvgIpc) is 2.89. The molecule has 0 unspecified atom stereocenters. The molecule has 1 aliphatic carbocycles. The van der Waals surface area contributed by atoms with Crippen molar-refractivity contribution >= 4 is 36.0 Å². The maximum absolute atomic E-state index is 12.9. The predicted octanol–water partition coefficient (Wildman–Crippen LogP) is 4.10. The summed E-state index contributed by atoms with van der Waals surface area (Å²) in [6.07, 6.45) is 5.95. The van der Waals surface area contributed by atoms with E-state index < -0.39 is 0 Å². The smallest absolute Gasteiger partial charge is 0.305 e. The number of aryl methyl sites for hydroxylation is 1. The Labute approximate surface area is 169 Å². The third-order valence-electron chi connectivity index (χ3n) is 5.58. The molecule has 4 nitrogen and oxygen atoms in total. The lowest BCUT2D eigenvalue weighted by Crippen LogP contribution is -2.28. The van der Waals surface area contributed by atoms with Crippen LogP contribution in [-0.4, -0.2) is 30.8 Å². The molecule has 1 heterocycles. The van der Waals surface area contributed by atoms with E-state index in [0.717, 1.165) is 60.8 Å². The molecule has 0 aliphatic heterocycles. The summed E-state index contributed by atoms with van der Waals surface area (Å²) in [5.74, 6) is 0.126. The number of nitrogens with zero attached hydrogens (tertiary/aromatic N) is 1. The van der Waals surface area contributed by atoms with Gasteiger partial charge in [-0.15, -0.1) is 0 Å². The van der Waals surface area contributed by atoms with E-state index in [1.54, 1.807) is 0 Å². The Morgan fingerprint density at radius 3 is 2.68 bits per heavy atom. The van der Waals surface area contributed by atoms with Gasteiger partial charge in [-0.2, -0.15) is 0 Å². The number of carbonyl (C=O) groups excluding carboxylic acids is 2. The number of hydrogen-bond acceptors (Lipinski definition) is 3. The first-order chi connectivity index (χ1) is 13.3. The van der Waals surface area contributed by atoms with Crippen LogP contribution < -0.4 is 5.46 Å². The quantitative estimate of drug-likeness (QED) is 0.394. The Morgan fingerprint density at radius 1 is 1.18 bits per heavy atom.